The van der Waals surface area contributed by atoms with Crippen molar-refractivity contribution in [2.24, 2.45) is 5.92 Å². The van der Waals surface area contributed by atoms with Crippen LogP contribution in [-0.4, -0.2) is 13.2 Å². The zero-order chi connectivity index (χ0) is 14.4. The Bertz CT molecular complexity index is 496. The van der Waals surface area contributed by atoms with Gasteiger partial charge in [-0.25, -0.2) is 0 Å². The molecule has 0 N–H and O–H groups in total. The van der Waals surface area contributed by atoms with Crippen molar-refractivity contribution in [1.82, 2.24) is 0 Å². The summed E-state index contributed by atoms with van der Waals surface area (Å²) in [5, 5.41) is 8.72. The molecule has 0 atom stereocenters. The number of ether oxygens (including phenoxy) is 2. The van der Waals surface area contributed by atoms with E-state index in [-0.39, 0.29) is 5.92 Å². The van der Waals surface area contributed by atoms with E-state index in [0.29, 0.717) is 31.6 Å². The number of benzene rings is 1. The largest absolute Gasteiger partial charge is 0.348 e. The average Bonchev–Trinajstić information content (AvgIpc) is 2.48. The van der Waals surface area contributed by atoms with Gasteiger partial charge in [0.1, 0.15) is 0 Å². The van der Waals surface area contributed by atoms with Crippen molar-refractivity contribution in [3.05, 3.63) is 47.5 Å². The number of allylic oxidation sites excluding steroid dienone is 1. The number of hydrogen-bond acceptors (Lipinski definition) is 3. The molecule has 2 rings (SSSR count). The van der Waals surface area contributed by atoms with Gasteiger partial charge < -0.3 is 9.47 Å². The number of hydrogen-bond donors (Lipinski definition) is 0. The van der Waals surface area contributed by atoms with E-state index in [1.807, 2.05) is 6.07 Å². The molecule has 0 saturated carbocycles. The summed E-state index contributed by atoms with van der Waals surface area (Å²) in [4.78, 5) is 0. The molecule has 0 amide bonds. The zero-order valence-electron chi connectivity index (χ0n) is 10.9. The first-order chi connectivity index (χ1) is 9.69. The van der Waals surface area contributed by atoms with Gasteiger partial charge in [0.2, 0.25) is 0 Å². The molecule has 1 fully saturated rings. The topological polar surface area (TPSA) is 42.2 Å². The lowest BCUT2D eigenvalue weighted by molar-refractivity contribution is -0.205. The molecule has 3 nitrogen and oxygen atoms in total. The van der Waals surface area contributed by atoms with Crippen LogP contribution >= 0.6 is 0 Å². The standard InChI is InChI=1S/C15H15F2NO2/c16-14(17)3-1-2-12-9-19-15(20-10-12)13-6-4-11(8-18)5-7-13/h3-7,12,15H,1-2,9-10H2. The van der Waals surface area contributed by atoms with Crippen LogP contribution in [0.3, 0.4) is 0 Å². The minimum absolute atomic E-state index is 0.139. The SMILES string of the molecule is N#Cc1ccc(C2OCC(CCC=C(F)F)CO2)cc1. The van der Waals surface area contributed by atoms with Gasteiger partial charge >= 0.3 is 0 Å². The molecule has 1 heterocycles. The van der Waals surface area contributed by atoms with Gasteiger partial charge in [0.05, 0.1) is 24.8 Å². The summed E-state index contributed by atoms with van der Waals surface area (Å²) in [5.41, 5.74) is 1.44. The smallest absolute Gasteiger partial charge is 0.266 e. The second kappa shape index (κ2) is 7.13. The van der Waals surface area contributed by atoms with Gasteiger partial charge in [-0.15, -0.1) is 0 Å². The van der Waals surface area contributed by atoms with Gasteiger partial charge in [-0.05, 0) is 31.1 Å². The molecule has 1 aliphatic heterocycles. The maximum atomic E-state index is 11.9. The van der Waals surface area contributed by atoms with Crippen LogP contribution in [0.1, 0.15) is 30.3 Å². The molecular formula is C15H15F2NO2. The van der Waals surface area contributed by atoms with Crippen LogP contribution in [0.5, 0.6) is 0 Å². The molecule has 1 saturated heterocycles. The fourth-order valence-electron chi connectivity index (χ4n) is 2.05. The Morgan fingerprint density at radius 3 is 2.45 bits per heavy atom. The van der Waals surface area contributed by atoms with Gasteiger partial charge in [0.15, 0.2) is 6.29 Å². The second-order valence-corrected chi connectivity index (χ2v) is 4.67. The molecule has 0 bridgehead atoms. The van der Waals surface area contributed by atoms with E-state index in [1.165, 1.54) is 0 Å². The van der Waals surface area contributed by atoms with Crippen LogP contribution < -0.4 is 0 Å². The van der Waals surface area contributed by atoms with Crippen LogP contribution in [-0.2, 0) is 9.47 Å². The number of nitrogens with zero attached hydrogens (tertiary/aromatic N) is 1. The maximum Gasteiger partial charge on any atom is 0.266 e. The lowest BCUT2D eigenvalue weighted by Gasteiger charge is -2.29. The van der Waals surface area contributed by atoms with E-state index in [2.05, 4.69) is 0 Å². The normalized spacial score (nSPS) is 22.1. The van der Waals surface area contributed by atoms with E-state index < -0.39 is 12.4 Å². The highest BCUT2D eigenvalue weighted by Crippen LogP contribution is 2.27. The molecule has 0 unspecified atom stereocenters. The fourth-order valence-corrected chi connectivity index (χ4v) is 2.05. The Balaban J connectivity index is 1.81. The third kappa shape index (κ3) is 4.12. The monoisotopic (exact) mass is 279 g/mol. The first-order valence-corrected chi connectivity index (χ1v) is 6.43. The summed E-state index contributed by atoms with van der Waals surface area (Å²) >= 11 is 0. The highest BCUT2D eigenvalue weighted by molar-refractivity contribution is 5.32. The van der Waals surface area contributed by atoms with Crippen LogP contribution in [0.25, 0.3) is 0 Å². The highest BCUT2D eigenvalue weighted by atomic mass is 19.3. The minimum atomic E-state index is -1.64. The molecule has 1 aromatic rings. The van der Waals surface area contributed by atoms with E-state index in [0.717, 1.165) is 11.6 Å². The average molecular weight is 279 g/mol. The molecule has 1 aromatic carbocycles. The Labute approximate surface area is 116 Å². The molecule has 0 spiro atoms. The number of halogens is 2. The summed E-state index contributed by atoms with van der Waals surface area (Å²) < 4.78 is 35.0. The highest BCUT2D eigenvalue weighted by Gasteiger charge is 2.23. The maximum absolute atomic E-state index is 11.9. The summed E-state index contributed by atoms with van der Waals surface area (Å²) in [6, 6.07) is 9.06. The van der Waals surface area contributed by atoms with Crippen LogP contribution in [0, 0.1) is 17.2 Å². The number of rotatable bonds is 4. The van der Waals surface area contributed by atoms with Crippen LogP contribution in [0.2, 0.25) is 0 Å². The number of nitriles is 1. The summed E-state index contributed by atoms with van der Waals surface area (Å²) in [5.74, 6) is 0.139. The van der Waals surface area contributed by atoms with Crippen molar-refractivity contribution < 1.29 is 18.3 Å². The summed E-state index contributed by atoms with van der Waals surface area (Å²) in [7, 11) is 0. The van der Waals surface area contributed by atoms with Crippen molar-refractivity contribution >= 4 is 0 Å². The fraction of sp³-hybridized carbons (Fsp3) is 0.400. The van der Waals surface area contributed by atoms with Gasteiger partial charge in [-0.1, -0.05) is 12.1 Å². The van der Waals surface area contributed by atoms with Crippen molar-refractivity contribution in [2.75, 3.05) is 13.2 Å². The summed E-state index contributed by atoms with van der Waals surface area (Å²) in [6.45, 7) is 0.985. The van der Waals surface area contributed by atoms with Gasteiger partial charge in [-0.3, -0.25) is 0 Å². The van der Waals surface area contributed by atoms with E-state index >= 15 is 0 Å². The molecule has 106 valence electrons. The Kier molecular flexibility index (Phi) is 5.22. The molecule has 5 heteroatoms. The second-order valence-electron chi connectivity index (χ2n) is 4.67. The lowest BCUT2D eigenvalue weighted by atomic mass is 10.0. The van der Waals surface area contributed by atoms with E-state index in [4.69, 9.17) is 14.7 Å². The van der Waals surface area contributed by atoms with E-state index in [1.54, 1.807) is 24.3 Å². The Hall–Kier alpha value is -1.77. The third-order valence-corrected chi connectivity index (χ3v) is 3.15. The summed E-state index contributed by atoms with van der Waals surface area (Å²) in [6.07, 6.45) is -0.198. The molecule has 0 aromatic heterocycles. The molecule has 0 radical (unpaired) electrons. The molecule has 20 heavy (non-hydrogen) atoms. The predicted molar refractivity (Wildman–Crippen MR) is 68.8 cm³/mol. The molecule has 1 aliphatic rings. The van der Waals surface area contributed by atoms with Gasteiger partial charge in [0, 0.05) is 11.5 Å². The lowest BCUT2D eigenvalue weighted by Crippen LogP contribution is -2.27. The first kappa shape index (κ1) is 14.6. The van der Waals surface area contributed by atoms with Gasteiger partial charge in [0.25, 0.3) is 6.08 Å². The van der Waals surface area contributed by atoms with Crippen molar-refractivity contribution in [2.45, 2.75) is 19.1 Å². The van der Waals surface area contributed by atoms with Gasteiger partial charge in [-0.2, -0.15) is 14.0 Å². The molecular weight excluding hydrogens is 264 g/mol. The minimum Gasteiger partial charge on any atom is -0.348 e. The van der Waals surface area contributed by atoms with Crippen molar-refractivity contribution in [3.8, 4) is 6.07 Å². The Morgan fingerprint density at radius 1 is 1.25 bits per heavy atom. The van der Waals surface area contributed by atoms with Crippen LogP contribution in [0.15, 0.2) is 36.4 Å². The third-order valence-electron chi connectivity index (χ3n) is 3.15. The quantitative estimate of drug-likeness (QED) is 0.842. The first-order valence-electron chi connectivity index (χ1n) is 6.43. The Morgan fingerprint density at radius 2 is 1.90 bits per heavy atom. The predicted octanol–water partition coefficient (Wildman–Crippen LogP) is 3.78. The van der Waals surface area contributed by atoms with Crippen molar-refractivity contribution in [3.63, 3.8) is 0 Å². The van der Waals surface area contributed by atoms with Crippen LogP contribution in [0.4, 0.5) is 8.78 Å². The zero-order valence-corrected chi connectivity index (χ0v) is 10.9. The van der Waals surface area contributed by atoms with E-state index in [9.17, 15) is 8.78 Å². The molecule has 0 aliphatic carbocycles. The van der Waals surface area contributed by atoms with Crippen molar-refractivity contribution in [1.29, 1.82) is 5.26 Å².